The van der Waals surface area contributed by atoms with E-state index in [1.54, 1.807) is 9.25 Å². The highest BCUT2D eigenvalue weighted by Gasteiger charge is 2.34. The molecule has 0 unspecified atom stereocenters. The Labute approximate surface area is 169 Å². The van der Waals surface area contributed by atoms with Crippen molar-refractivity contribution >= 4 is 5.97 Å². The van der Waals surface area contributed by atoms with Crippen LogP contribution in [0.5, 0.6) is 0 Å². The molecule has 1 aliphatic heterocycles. The minimum absolute atomic E-state index is 0.0808. The first-order chi connectivity index (χ1) is 14.0. The van der Waals surface area contributed by atoms with Gasteiger partial charge in [-0.15, -0.1) is 0 Å². The maximum Gasteiger partial charge on any atom is 0.341 e. The molecule has 6 nitrogen and oxygen atoms in total. The summed E-state index contributed by atoms with van der Waals surface area (Å²) < 4.78 is 44.6. The molecule has 3 heterocycles. The number of hydrogen-bond donors (Lipinski definition) is 1. The van der Waals surface area contributed by atoms with Gasteiger partial charge in [0.15, 0.2) is 22.9 Å². The van der Waals surface area contributed by atoms with Crippen molar-refractivity contribution in [1.29, 1.82) is 0 Å². The Balaban J connectivity index is 1.95. The van der Waals surface area contributed by atoms with Crippen LogP contribution in [0.2, 0.25) is 0 Å². The van der Waals surface area contributed by atoms with Crippen LogP contribution in [-0.4, -0.2) is 25.4 Å². The van der Waals surface area contributed by atoms with Crippen molar-refractivity contribution in [3.8, 4) is 22.6 Å². The molecule has 0 amide bonds. The van der Waals surface area contributed by atoms with Crippen molar-refractivity contribution in [1.82, 2.24) is 14.3 Å². The van der Waals surface area contributed by atoms with Crippen LogP contribution in [-0.2, 0) is 6.54 Å². The third-order valence-electron chi connectivity index (χ3n) is 5.34. The van der Waals surface area contributed by atoms with E-state index in [4.69, 9.17) is 0 Å². The van der Waals surface area contributed by atoms with Crippen LogP contribution < -0.4 is 5.43 Å². The lowest BCUT2D eigenvalue weighted by Crippen LogP contribution is -2.35. The van der Waals surface area contributed by atoms with Crippen molar-refractivity contribution < 1.29 is 23.1 Å². The predicted molar refractivity (Wildman–Crippen MR) is 103 cm³/mol. The molecule has 0 bridgehead atoms. The Kier molecular flexibility index (Phi) is 4.37. The van der Waals surface area contributed by atoms with Crippen LogP contribution in [0.15, 0.2) is 35.3 Å². The smallest absolute Gasteiger partial charge is 0.341 e. The van der Waals surface area contributed by atoms with Gasteiger partial charge in [0.1, 0.15) is 5.56 Å². The van der Waals surface area contributed by atoms with Crippen LogP contribution in [0.3, 0.4) is 0 Å². The first kappa shape index (κ1) is 19.9. The molecule has 30 heavy (non-hydrogen) atoms. The summed E-state index contributed by atoms with van der Waals surface area (Å²) in [5.74, 6) is -5.57. The Morgan fingerprint density at radius 2 is 1.83 bits per heavy atom. The van der Waals surface area contributed by atoms with E-state index in [1.165, 1.54) is 18.3 Å². The normalized spacial score (nSPS) is 15.6. The fraction of sp³-hybridized carbons (Fsp3) is 0.286. The predicted octanol–water partition coefficient (Wildman–Crippen LogP) is 4.10. The first-order valence-electron chi connectivity index (χ1n) is 9.20. The van der Waals surface area contributed by atoms with Gasteiger partial charge in [0, 0.05) is 17.8 Å². The number of carboxylic acids is 1. The molecule has 0 saturated carbocycles. The number of halogens is 3. The lowest BCUT2D eigenvalue weighted by Gasteiger charge is -2.38. The molecule has 0 saturated heterocycles. The molecule has 4 rings (SSSR count). The molecule has 0 fully saturated rings. The average molecular weight is 417 g/mol. The van der Waals surface area contributed by atoms with E-state index >= 15 is 0 Å². The average Bonchev–Trinajstić information content (AvgIpc) is 3.08. The molecule has 0 aliphatic carbocycles. The summed E-state index contributed by atoms with van der Waals surface area (Å²) >= 11 is 0. The molecule has 1 N–H and O–H groups in total. The van der Waals surface area contributed by atoms with Crippen LogP contribution in [0, 0.1) is 22.9 Å². The molecule has 156 valence electrons. The number of nitrogens with zero attached hydrogens (tertiary/aromatic N) is 3. The molecule has 9 heteroatoms. The van der Waals surface area contributed by atoms with Crippen LogP contribution in [0.1, 0.15) is 37.2 Å². The minimum Gasteiger partial charge on any atom is -0.477 e. The second kappa shape index (κ2) is 6.58. The van der Waals surface area contributed by atoms with Crippen molar-refractivity contribution in [3.63, 3.8) is 0 Å². The number of pyridine rings is 1. The largest absolute Gasteiger partial charge is 0.477 e. The summed E-state index contributed by atoms with van der Waals surface area (Å²) in [5, 5.41) is 13.7. The van der Waals surface area contributed by atoms with Crippen LogP contribution in [0.4, 0.5) is 13.2 Å². The fourth-order valence-electron chi connectivity index (χ4n) is 3.73. The minimum atomic E-state index is -1.59. The number of rotatable bonds is 2. The molecule has 0 spiro atoms. The summed E-state index contributed by atoms with van der Waals surface area (Å²) in [5.41, 5.74) is -0.626. The highest BCUT2D eigenvalue weighted by Crippen LogP contribution is 2.40. The topological polar surface area (TPSA) is 77.1 Å². The summed E-state index contributed by atoms with van der Waals surface area (Å²) in [6, 6.07) is 4.34. The van der Waals surface area contributed by atoms with Crippen molar-refractivity contribution in [2.45, 2.75) is 33.4 Å². The lowest BCUT2D eigenvalue weighted by atomic mass is 9.85. The number of aromatic nitrogens is 3. The SMILES string of the molecule is CC(C)(C)[C@@H]1Cn2nc(-c3ccc(F)c(F)c3F)cc2-c2cc(=O)c(C(=O)O)cn21. The van der Waals surface area contributed by atoms with Crippen LogP contribution in [0.25, 0.3) is 22.6 Å². The van der Waals surface area contributed by atoms with Gasteiger partial charge in [-0.3, -0.25) is 9.48 Å². The summed E-state index contributed by atoms with van der Waals surface area (Å²) in [6.45, 7) is 6.21. The number of hydrogen-bond acceptors (Lipinski definition) is 3. The molecule has 1 atom stereocenters. The Morgan fingerprint density at radius 1 is 1.13 bits per heavy atom. The van der Waals surface area contributed by atoms with E-state index in [0.717, 1.165) is 12.1 Å². The molecular formula is C21H18F3N3O3. The van der Waals surface area contributed by atoms with Gasteiger partial charge in [-0.05, 0) is 23.6 Å². The standard InChI is InChI=1S/C21H18F3N3O3/c1-21(2,3)17-9-27-15(14-7-16(28)11(20(29)30)8-26(14)17)6-13(25-27)10-4-5-12(22)19(24)18(10)23/h4-8,17H,9H2,1-3H3,(H,29,30)/t17-/m0/s1. The number of carbonyl (C=O) groups is 1. The van der Waals surface area contributed by atoms with Gasteiger partial charge >= 0.3 is 5.97 Å². The third-order valence-corrected chi connectivity index (χ3v) is 5.34. The monoisotopic (exact) mass is 417 g/mol. The van der Waals surface area contributed by atoms with Gasteiger partial charge in [-0.25, -0.2) is 18.0 Å². The van der Waals surface area contributed by atoms with Gasteiger partial charge in [0.2, 0.25) is 0 Å². The van der Waals surface area contributed by atoms with Gasteiger partial charge < -0.3 is 9.67 Å². The zero-order valence-electron chi connectivity index (χ0n) is 16.4. The van der Waals surface area contributed by atoms with E-state index < -0.39 is 28.8 Å². The zero-order valence-corrected chi connectivity index (χ0v) is 16.4. The second-order valence-corrected chi connectivity index (χ2v) is 8.35. The second-order valence-electron chi connectivity index (χ2n) is 8.35. The number of benzene rings is 1. The van der Waals surface area contributed by atoms with Gasteiger partial charge in [-0.2, -0.15) is 5.10 Å². The van der Waals surface area contributed by atoms with Gasteiger partial charge in [-0.1, -0.05) is 20.8 Å². The van der Waals surface area contributed by atoms with Gasteiger partial charge in [0.05, 0.1) is 29.7 Å². The summed E-state index contributed by atoms with van der Waals surface area (Å²) in [4.78, 5) is 23.8. The molecule has 3 aromatic rings. The number of fused-ring (bicyclic) bond motifs is 3. The van der Waals surface area contributed by atoms with E-state index in [-0.39, 0.29) is 28.3 Å². The lowest BCUT2D eigenvalue weighted by molar-refractivity contribution is 0.0693. The molecule has 2 aromatic heterocycles. The fourth-order valence-corrected chi connectivity index (χ4v) is 3.73. The van der Waals surface area contributed by atoms with Crippen molar-refractivity contribution in [2.75, 3.05) is 0 Å². The molecule has 1 aromatic carbocycles. The van der Waals surface area contributed by atoms with Gasteiger partial charge in [0.25, 0.3) is 0 Å². The highest BCUT2D eigenvalue weighted by molar-refractivity contribution is 5.87. The molecular weight excluding hydrogens is 399 g/mol. The van der Waals surface area contributed by atoms with E-state index in [9.17, 15) is 27.9 Å². The van der Waals surface area contributed by atoms with Crippen LogP contribution >= 0.6 is 0 Å². The van der Waals surface area contributed by atoms with E-state index in [1.807, 2.05) is 20.8 Å². The maximum atomic E-state index is 14.3. The number of carboxylic acid groups (broad SMARTS) is 1. The zero-order chi connectivity index (χ0) is 22.0. The maximum absolute atomic E-state index is 14.3. The summed E-state index contributed by atoms with van der Waals surface area (Å²) in [6.07, 6.45) is 1.31. The quantitative estimate of drug-likeness (QED) is 0.637. The Morgan fingerprint density at radius 3 is 2.47 bits per heavy atom. The first-order valence-corrected chi connectivity index (χ1v) is 9.20. The highest BCUT2D eigenvalue weighted by atomic mass is 19.2. The molecule has 1 aliphatic rings. The van der Waals surface area contributed by atoms with E-state index in [0.29, 0.717) is 17.9 Å². The Bertz CT molecular complexity index is 1250. The molecule has 0 radical (unpaired) electrons. The van der Waals surface area contributed by atoms with Crippen molar-refractivity contribution in [2.24, 2.45) is 5.41 Å². The number of aromatic carboxylic acids is 1. The van der Waals surface area contributed by atoms with Crippen molar-refractivity contribution in [3.05, 3.63) is 63.7 Å². The Hall–Kier alpha value is -3.36. The van der Waals surface area contributed by atoms with E-state index in [2.05, 4.69) is 5.10 Å². The summed E-state index contributed by atoms with van der Waals surface area (Å²) in [7, 11) is 0. The third kappa shape index (κ3) is 3.01.